The van der Waals surface area contributed by atoms with E-state index in [0.29, 0.717) is 19.3 Å². The van der Waals surface area contributed by atoms with Gasteiger partial charge in [-0.05, 0) is 19.4 Å². The van der Waals surface area contributed by atoms with Gasteiger partial charge in [-0.25, -0.2) is 0 Å². The minimum absolute atomic E-state index is 0.146. The summed E-state index contributed by atoms with van der Waals surface area (Å²) in [4.78, 5) is 1.81. The summed E-state index contributed by atoms with van der Waals surface area (Å²) in [6.45, 7) is 1.19. The Labute approximate surface area is 171 Å². The SMILES string of the molecule is C#CCN(CCCCCCCCCCCCP(=O)(OC)OC)CCS(=O)(=O)F. The van der Waals surface area contributed by atoms with Crippen LogP contribution in [0.1, 0.15) is 64.2 Å². The van der Waals surface area contributed by atoms with Crippen LogP contribution in [0.4, 0.5) is 3.89 Å². The molecule has 0 amide bonds. The predicted molar refractivity (Wildman–Crippen MR) is 113 cm³/mol. The van der Waals surface area contributed by atoms with Gasteiger partial charge in [-0.3, -0.25) is 9.46 Å². The van der Waals surface area contributed by atoms with Gasteiger partial charge in [-0.2, -0.15) is 8.42 Å². The largest absolute Gasteiger partial charge is 0.330 e. The van der Waals surface area contributed by atoms with Crippen molar-refractivity contribution >= 4 is 17.8 Å². The van der Waals surface area contributed by atoms with Gasteiger partial charge in [0.05, 0.1) is 18.5 Å². The van der Waals surface area contributed by atoms with E-state index >= 15 is 0 Å². The molecular weight excluding hydrogens is 404 g/mol. The minimum atomic E-state index is -4.44. The van der Waals surface area contributed by atoms with E-state index in [1.54, 1.807) is 0 Å². The summed E-state index contributed by atoms with van der Waals surface area (Å²) < 4.78 is 55.5. The molecule has 0 bridgehead atoms. The van der Waals surface area contributed by atoms with Crippen molar-refractivity contribution < 1.29 is 25.9 Å². The van der Waals surface area contributed by atoms with Crippen LogP contribution < -0.4 is 0 Å². The van der Waals surface area contributed by atoms with Crippen LogP contribution in [0.5, 0.6) is 0 Å². The van der Waals surface area contributed by atoms with Crippen molar-refractivity contribution in [3.05, 3.63) is 0 Å². The first-order chi connectivity index (χ1) is 13.3. The summed E-state index contributed by atoms with van der Waals surface area (Å²) in [6, 6.07) is 0. The zero-order valence-electron chi connectivity index (χ0n) is 17.4. The molecule has 0 radical (unpaired) electrons. The van der Waals surface area contributed by atoms with Gasteiger partial charge in [0.25, 0.3) is 0 Å². The van der Waals surface area contributed by atoms with Crippen LogP contribution in [0.3, 0.4) is 0 Å². The Hall–Kier alpha value is -0.450. The number of unbranched alkanes of at least 4 members (excludes halogenated alkanes) is 9. The zero-order chi connectivity index (χ0) is 21.3. The lowest BCUT2D eigenvalue weighted by Gasteiger charge is -2.18. The van der Waals surface area contributed by atoms with Gasteiger partial charge in [0.1, 0.15) is 0 Å². The first-order valence-corrected chi connectivity index (χ1v) is 13.3. The standard InChI is InChI=1S/C19H37FNO5PS/c1-4-15-21(17-19-28(20,23)24)16-13-11-9-7-5-6-8-10-12-14-18-27(22,25-2)26-3/h1H,5-19H2,2-3H3. The van der Waals surface area contributed by atoms with Crippen LogP contribution in [0.15, 0.2) is 0 Å². The lowest BCUT2D eigenvalue weighted by Crippen LogP contribution is -2.30. The van der Waals surface area contributed by atoms with Crippen LogP contribution in [0.25, 0.3) is 0 Å². The second-order valence-electron chi connectivity index (χ2n) is 6.96. The van der Waals surface area contributed by atoms with E-state index in [-0.39, 0.29) is 6.54 Å². The topological polar surface area (TPSA) is 72.9 Å². The van der Waals surface area contributed by atoms with Gasteiger partial charge in [-0.15, -0.1) is 10.3 Å². The van der Waals surface area contributed by atoms with E-state index < -0.39 is 23.6 Å². The zero-order valence-corrected chi connectivity index (χ0v) is 19.1. The Kier molecular flexibility index (Phi) is 16.1. The van der Waals surface area contributed by atoms with Crippen molar-refractivity contribution in [3.8, 4) is 12.3 Å². The second kappa shape index (κ2) is 16.4. The monoisotopic (exact) mass is 441 g/mol. The quantitative estimate of drug-likeness (QED) is 0.126. The maximum Gasteiger partial charge on any atom is 0.330 e. The smallest absolute Gasteiger partial charge is 0.312 e. The summed E-state index contributed by atoms with van der Waals surface area (Å²) in [5.41, 5.74) is 0. The van der Waals surface area contributed by atoms with Gasteiger partial charge >= 0.3 is 17.8 Å². The van der Waals surface area contributed by atoms with Crippen LogP contribution in [0, 0.1) is 12.3 Å². The van der Waals surface area contributed by atoms with Gasteiger partial charge in [0.2, 0.25) is 0 Å². The van der Waals surface area contributed by atoms with Gasteiger partial charge in [-0.1, -0.05) is 57.3 Å². The third-order valence-electron chi connectivity index (χ3n) is 4.68. The van der Waals surface area contributed by atoms with E-state index in [4.69, 9.17) is 15.5 Å². The molecule has 0 aromatic heterocycles. The summed E-state index contributed by atoms with van der Waals surface area (Å²) in [5.74, 6) is 1.99. The summed E-state index contributed by atoms with van der Waals surface area (Å²) in [7, 11) is -4.44. The number of hydrogen-bond acceptors (Lipinski definition) is 6. The third kappa shape index (κ3) is 16.5. The molecule has 0 unspecified atom stereocenters. The fourth-order valence-corrected chi connectivity index (χ4v) is 4.55. The Morgan fingerprint density at radius 2 is 1.36 bits per heavy atom. The molecule has 9 heteroatoms. The molecule has 0 fully saturated rings. The Bertz CT molecular complexity index is 571. The second-order valence-corrected chi connectivity index (χ2v) is 10.8. The van der Waals surface area contributed by atoms with E-state index in [9.17, 15) is 16.9 Å². The summed E-state index contributed by atoms with van der Waals surface area (Å²) in [6.07, 6.45) is 16.7. The average molecular weight is 442 g/mol. The van der Waals surface area contributed by atoms with Crippen molar-refractivity contribution in [1.29, 1.82) is 0 Å². The first-order valence-electron chi connectivity index (χ1n) is 10.0. The van der Waals surface area contributed by atoms with E-state index in [2.05, 4.69) is 5.92 Å². The molecule has 0 spiro atoms. The minimum Gasteiger partial charge on any atom is -0.312 e. The maximum atomic E-state index is 12.6. The predicted octanol–water partition coefficient (Wildman–Crippen LogP) is 4.61. The number of rotatable bonds is 19. The van der Waals surface area contributed by atoms with Crippen molar-refractivity contribution in [2.45, 2.75) is 64.2 Å². The maximum absolute atomic E-state index is 12.6. The molecule has 0 saturated carbocycles. The lowest BCUT2D eigenvalue weighted by atomic mass is 10.1. The average Bonchev–Trinajstić information content (AvgIpc) is 2.65. The van der Waals surface area contributed by atoms with E-state index in [1.807, 2.05) is 4.90 Å². The molecule has 0 aliphatic heterocycles. The summed E-state index contributed by atoms with van der Waals surface area (Å²) >= 11 is 0. The van der Waals surface area contributed by atoms with Crippen molar-refractivity contribution in [2.24, 2.45) is 0 Å². The van der Waals surface area contributed by atoms with Gasteiger partial charge < -0.3 is 9.05 Å². The molecule has 0 aromatic rings. The van der Waals surface area contributed by atoms with Crippen LogP contribution >= 0.6 is 7.60 Å². The highest BCUT2D eigenvalue weighted by atomic mass is 32.3. The normalized spacial score (nSPS) is 12.4. The lowest BCUT2D eigenvalue weighted by molar-refractivity contribution is 0.275. The molecule has 0 rings (SSSR count). The molecule has 0 N–H and O–H groups in total. The van der Waals surface area contributed by atoms with E-state index in [0.717, 1.165) is 38.5 Å². The Morgan fingerprint density at radius 1 is 0.893 bits per heavy atom. The summed E-state index contributed by atoms with van der Waals surface area (Å²) in [5, 5.41) is 0. The third-order valence-corrected chi connectivity index (χ3v) is 7.33. The number of hydrogen-bond donors (Lipinski definition) is 0. The fraction of sp³-hybridized carbons (Fsp3) is 0.895. The molecule has 0 atom stereocenters. The van der Waals surface area contributed by atoms with Crippen molar-refractivity contribution in [1.82, 2.24) is 4.90 Å². The highest BCUT2D eigenvalue weighted by molar-refractivity contribution is 7.86. The van der Waals surface area contributed by atoms with Crippen molar-refractivity contribution in [2.75, 3.05) is 45.8 Å². The van der Waals surface area contributed by atoms with Gasteiger partial charge in [0.15, 0.2) is 0 Å². The first kappa shape index (κ1) is 27.5. The molecule has 6 nitrogen and oxygen atoms in total. The Balaban J connectivity index is 3.56. The molecule has 0 heterocycles. The molecule has 0 saturated heterocycles. The number of nitrogens with zero attached hydrogens (tertiary/aromatic N) is 1. The number of terminal acetylenes is 1. The molecule has 166 valence electrons. The van der Waals surface area contributed by atoms with E-state index in [1.165, 1.54) is 39.9 Å². The number of halogens is 1. The van der Waals surface area contributed by atoms with Crippen LogP contribution in [-0.2, 0) is 23.8 Å². The highest BCUT2D eigenvalue weighted by Crippen LogP contribution is 2.47. The van der Waals surface area contributed by atoms with Crippen LogP contribution in [0.2, 0.25) is 0 Å². The molecule has 0 aromatic carbocycles. The van der Waals surface area contributed by atoms with Crippen molar-refractivity contribution in [3.63, 3.8) is 0 Å². The Morgan fingerprint density at radius 3 is 1.79 bits per heavy atom. The molecule has 0 aliphatic carbocycles. The molecule has 0 aliphatic rings. The van der Waals surface area contributed by atoms with Gasteiger partial charge in [0, 0.05) is 20.8 Å². The molecular formula is C19H37FNO5PS. The molecule has 28 heavy (non-hydrogen) atoms. The highest BCUT2D eigenvalue weighted by Gasteiger charge is 2.19. The van der Waals surface area contributed by atoms with Crippen LogP contribution in [-0.4, -0.2) is 59.1 Å². The fourth-order valence-electron chi connectivity index (χ4n) is 2.95.